The molecular formula is C18H24ClNO3S. The van der Waals surface area contributed by atoms with Crippen LogP contribution >= 0.6 is 11.6 Å². The summed E-state index contributed by atoms with van der Waals surface area (Å²) in [7, 11) is -3.57. The average molecular weight is 370 g/mol. The number of Topliss-reactive ketones (excluding diaryl/α,β-unsaturated/α-hetero) is 1. The maximum absolute atomic E-state index is 13.0. The molecule has 132 valence electrons. The van der Waals surface area contributed by atoms with Gasteiger partial charge in [-0.3, -0.25) is 4.79 Å². The van der Waals surface area contributed by atoms with E-state index in [1.165, 1.54) is 0 Å². The van der Waals surface area contributed by atoms with Crippen molar-refractivity contribution in [1.29, 1.82) is 0 Å². The second-order valence-electron chi connectivity index (χ2n) is 7.98. The first-order valence-electron chi connectivity index (χ1n) is 8.37. The molecular weight excluding hydrogens is 346 g/mol. The zero-order valence-electron chi connectivity index (χ0n) is 14.2. The van der Waals surface area contributed by atoms with Crippen LogP contribution in [0.4, 0.5) is 0 Å². The summed E-state index contributed by atoms with van der Waals surface area (Å²) in [6.45, 7) is 6.03. The van der Waals surface area contributed by atoms with Crippen LogP contribution in [-0.4, -0.2) is 30.9 Å². The molecule has 2 fully saturated rings. The second-order valence-corrected chi connectivity index (χ2v) is 10.4. The quantitative estimate of drug-likeness (QED) is 0.643. The number of alkyl halides is 1. The van der Waals surface area contributed by atoms with Crippen LogP contribution in [0, 0.1) is 17.3 Å². The Morgan fingerprint density at radius 1 is 1.17 bits per heavy atom. The second kappa shape index (κ2) is 6.11. The van der Waals surface area contributed by atoms with Crippen molar-refractivity contribution in [2.75, 3.05) is 0 Å². The predicted octanol–water partition coefficient (Wildman–Crippen LogP) is 3.22. The van der Waals surface area contributed by atoms with E-state index < -0.39 is 21.2 Å². The molecule has 5 atom stereocenters. The first-order valence-corrected chi connectivity index (χ1v) is 10.4. The number of benzene rings is 1. The molecule has 1 heterocycles. The van der Waals surface area contributed by atoms with Gasteiger partial charge in [0, 0.05) is 28.8 Å². The maximum atomic E-state index is 13.0. The van der Waals surface area contributed by atoms with Crippen molar-refractivity contribution in [3.63, 3.8) is 0 Å². The molecule has 5 unspecified atom stereocenters. The molecule has 1 aromatic carbocycles. The lowest BCUT2D eigenvalue weighted by molar-refractivity contribution is 0.0850. The lowest BCUT2D eigenvalue weighted by Gasteiger charge is -2.39. The number of rotatable bonds is 2. The number of hydrogen-bond acceptors (Lipinski definition) is 3. The molecule has 1 saturated carbocycles. The van der Waals surface area contributed by atoms with Crippen LogP contribution in [0.1, 0.15) is 44.0 Å². The topological polar surface area (TPSA) is 63.2 Å². The highest BCUT2D eigenvalue weighted by Gasteiger charge is 2.59. The van der Waals surface area contributed by atoms with E-state index in [9.17, 15) is 13.2 Å². The van der Waals surface area contributed by atoms with Crippen molar-refractivity contribution in [3.8, 4) is 0 Å². The minimum Gasteiger partial charge on any atom is -0.294 e. The van der Waals surface area contributed by atoms with Gasteiger partial charge in [-0.1, -0.05) is 51.1 Å². The Morgan fingerprint density at radius 2 is 1.79 bits per heavy atom. The van der Waals surface area contributed by atoms with Crippen molar-refractivity contribution in [2.24, 2.45) is 17.3 Å². The molecule has 1 aromatic rings. The SMILES string of the molecule is CC(C)(C)C1NS(=O)(=O)C2C(C(=O)c3ccccc3)CCC(Cl)C12. The largest absolute Gasteiger partial charge is 0.294 e. The van der Waals surface area contributed by atoms with Gasteiger partial charge in [0.25, 0.3) is 0 Å². The Balaban J connectivity index is 2.01. The van der Waals surface area contributed by atoms with E-state index in [1.54, 1.807) is 24.3 Å². The first kappa shape index (κ1) is 17.9. The number of carbonyl (C=O) groups excluding carboxylic acids is 1. The Morgan fingerprint density at radius 3 is 2.38 bits per heavy atom. The highest BCUT2D eigenvalue weighted by Crippen LogP contribution is 2.47. The predicted molar refractivity (Wildman–Crippen MR) is 95.7 cm³/mol. The van der Waals surface area contributed by atoms with Crippen LogP contribution in [0.2, 0.25) is 0 Å². The maximum Gasteiger partial charge on any atom is 0.215 e. The van der Waals surface area contributed by atoms with Gasteiger partial charge in [0.1, 0.15) is 0 Å². The Hall–Kier alpha value is -0.910. The molecule has 0 bridgehead atoms. The Labute approximate surface area is 149 Å². The van der Waals surface area contributed by atoms with Gasteiger partial charge in [0.2, 0.25) is 10.0 Å². The molecule has 2 aliphatic rings. The monoisotopic (exact) mass is 369 g/mol. The number of hydrogen-bond donors (Lipinski definition) is 1. The highest BCUT2D eigenvalue weighted by atomic mass is 35.5. The van der Waals surface area contributed by atoms with E-state index in [-0.39, 0.29) is 28.5 Å². The molecule has 24 heavy (non-hydrogen) atoms. The number of carbonyl (C=O) groups is 1. The summed E-state index contributed by atoms with van der Waals surface area (Å²) in [5.74, 6) is -0.866. The molecule has 1 N–H and O–H groups in total. The normalized spacial score (nSPS) is 35.4. The lowest BCUT2D eigenvalue weighted by Crippen LogP contribution is -2.48. The Bertz CT molecular complexity index is 726. The van der Waals surface area contributed by atoms with Gasteiger partial charge >= 0.3 is 0 Å². The van der Waals surface area contributed by atoms with E-state index in [0.29, 0.717) is 18.4 Å². The number of fused-ring (bicyclic) bond motifs is 1. The number of sulfonamides is 1. The van der Waals surface area contributed by atoms with E-state index in [4.69, 9.17) is 11.6 Å². The van der Waals surface area contributed by atoms with Gasteiger partial charge in [-0.2, -0.15) is 0 Å². The molecule has 0 amide bonds. The molecule has 1 aliphatic carbocycles. The molecule has 0 aromatic heterocycles. The molecule has 1 aliphatic heterocycles. The fourth-order valence-electron chi connectivity index (χ4n) is 4.18. The van der Waals surface area contributed by atoms with Crippen molar-refractivity contribution < 1.29 is 13.2 Å². The molecule has 0 spiro atoms. The molecule has 6 heteroatoms. The third-order valence-electron chi connectivity index (χ3n) is 5.31. The van der Waals surface area contributed by atoms with Crippen molar-refractivity contribution in [2.45, 2.75) is 50.3 Å². The van der Waals surface area contributed by atoms with Crippen LogP contribution in [0.3, 0.4) is 0 Å². The summed E-state index contributed by atoms with van der Waals surface area (Å²) in [5.41, 5.74) is 0.320. The van der Waals surface area contributed by atoms with Gasteiger partial charge in [-0.25, -0.2) is 13.1 Å². The van der Waals surface area contributed by atoms with Crippen LogP contribution in [-0.2, 0) is 10.0 Å². The van der Waals surface area contributed by atoms with Gasteiger partial charge < -0.3 is 0 Å². The van der Waals surface area contributed by atoms with Gasteiger partial charge in [-0.05, 0) is 18.3 Å². The molecule has 1 saturated heterocycles. The van der Waals surface area contributed by atoms with Crippen LogP contribution < -0.4 is 4.72 Å². The van der Waals surface area contributed by atoms with Crippen molar-refractivity contribution in [3.05, 3.63) is 35.9 Å². The third-order valence-corrected chi connectivity index (χ3v) is 7.76. The summed E-state index contributed by atoms with van der Waals surface area (Å²) < 4.78 is 28.5. The zero-order valence-corrected chi connectivity index (χ0v) is 15.8. The smallest absolute Gasteiger partial charge is 0.215 e. The van der Waals surface area contributed by atoms with Crippen molar-refractivity contribution >= 4 is 27.4 Å². The first-order chi connectivity index (χ1) is 11.1. The van der Waals surface area contributed by atoms with Crippen LogP contribution in [0.15, 0.2) is 30.3 Å². The minimum absolute atomic E-state index is 0.0888. The average Bonchev–Trinajstić information content (AvgIpc) is 2.81. The summed E-state index contributed by atoms with van der Waals surface area (Å²) in [5, 5.41) is -0.977. The van der Waals surface area contributed by atoms with Gasteiger partial charge in [0.15, 0.2) is 5.78 Å². The van der Waals surface area contributed by atoms with Crippen molar-refractivity contribution in [1.82, 2.24) is 4.72 Å². The van der Waals surface area contributed by atoms with E-state index in [0.717, 1.165) is 0 Å². The summed E-state index contributed by atoms with van der Waals surface area (Å²) in [4.78, 5) is 13.0. The zero-order chi connectivity index (χ0) is 17.7. The van der Waals surface area contributed by atoms with E-state index >= 15 is 0 Å². The summed E-state index contributed by atoms with van der Waals surface area (Å²) in [6.07, 6.45) is 1.18. The molecule has 3 rings (SSSR count). The number of ketones is 1. The molecule has 4 nitrogen and oxygen atoms in total. The lowest BCUT2D eigenvalue weighted by atomic mass is 9.69. The van der Waals surface area contributed by atoms with Gasteiger partial charge in [0.05, 0.1) is 5.25 Å². The molecule has 0 radical (unpaired) electrons. The third kappa shape index (κ3) is 3.02. The van der Waals surface area contributed by atoms with E-state index in [2.05, 4.69) is 4.72 Å². The van der Waals surface area contributed by atoms with Crippen LogP contribution in [0.5, 0.6) is 0 Å². The summed E-state index contributed by atoms with van der Waals surface area (Å²) >= 11 is 6.55. The fourth-order valence-corrected chi connectivity index (χ4v) is 7.17. The minimum atomic E-state index is -3.57. The Kier molecular flexibility index (Phi) is 4.56. The standard InChI is InChI=1S/C18H24ClNO3S/c1-18(2,3)17-14-13(19)10-9-12(16(14)24(22,23)20-17)15(21)11-7-5-4-6-8-11/h4-8,12-14,16-17,20H,9-10H2,1-3H3. The highest BCUT2D eigenvalue weighted by molar-refractivity contribution is 7.90. The van der Waals surface area contributed by atoms with E-state index in [1.807, 2.05) is 26.8 Å². The number of halogens is 1. The van der Waals surface area contributed by atoms with Gasteiger partial charge in [-0.15, -0.1) is 11.6 Å². The van der Waals surface area contributed by atoms with Crippen LogP contribution in [0.25, 0.3) is 0 Å². The summed E-state index contributed by atoms with van der Waals surface area (Å²) in [6, 6.07) is 8.70. The number of nitrogens with one attached hydrogen (secondary N) is 1. The fraction of sp³-hybridized carbons (Fsp3) is 0.611.